The Labute approximate surface area is 78.9 Å². The van der Waals surface area contributed by atoms with Crippen molar-refractivity contribution in [3.63, 3.8) is 0 Å². The first-order valence-corrected chi connectivity index (χ1v) is 4.80. The number of nitrogens with two attached hydrogens (primary N) is 1. The number of hydrogen-bond donors (Lipinski definition) is 1. The topological polar surface area (TPSA) is 61.0 Å². The fourth-order valence-electron chi connectivity index (χ4n) is 1.11. The minimum Gasteiger partial charge on any atom is -0.468 e. The van der Waals surface area contributed by atoms with Gasteiger partial charge >= 0.3 is 0 Å². The molecular formula is C7H10FN3OS. The molecule has 1 heterocycles. The Hall–Kier alpha value is -0.910. The van der Waals surface area contributed by atoms with E-state index in [1.165, 1.54) is 11.3 Å². The molecule has 1 aromatic rings. The molecule has 6 heteroatoms. The maximum atomic E-state index is 13.0. The molecule has 0 spiro atoms. The van der Waals surface area contributed by atoms with E-state index in [-0.39, 0.29) is 5.92 Å². The van der Waals surface area contributed by atoms with Crippen molar-refractivity contribution in [1.82, 2.24) is 10.2 Å². The number of anilines is 1. The maximum absolute atomic E-state index is 13.0. The van der Waals surface area contributed by atoms with Crippen LogP contribution in [0.25, 0.3) is 0 Å². The number of nitrogen functional groups attached to an aromatic ring is 1. The molecule has 0 aliphatic heterocycles. The summed E-state index contributed by atoms with van der Waals surface area (Å²) in [5, 5.41) is 8.03. The van der Waals surface area contributed by atoms with Crippen molar-refractivity contribution in [2.75, 3.05) is 12.3 Å². The molecule has 72 valence electrons. The lowest BCUT2D eigenvalue weighted by Crippen LogP contribution is -2.06. The van der Waals surface area contributed by atoms with Gasteiger partial charge in [-0.2, -0.15) is 0 Å². The van der Waals surface area contributed by atoms with Gasteiger partial charge in [-0.1, -0.05) is 5.10 Å². The maximum Gasteiger partial charge on any atom is 0.295 e. The Kier molecular flexibility index (Phi) is 1.87. The van der Waals surface area contributed by atoms with Crippen LogP contribution in [0.15, 0.2) is 0 Å². The van der Waals surface area contributed by atoms with Crippen LogP contribution in [0.3, 0.4) is 0 Å². The van der Waals surface area contributed by atoms with Gasteiger partial charge < -0.3 is 10.5 Å². The largest absolute Gasteiger partial charge is 0.468 e. The molecule has 13 heavy (non-hydrogen) atoms. The number of alkyl halides is 1. The molecule has 4 nitrogen and oxygen atoms in total. The fourth-order valence-corrected chi connectivity index (χ4v) is 1.58. The van der Waals surface area contributed by atoms with Crippen LogP contribution in [0.4, 0.5) is 9.52 Å². The molecule has 2 unspecified atom stereocenters. The van der Waals surface area contributed by atoms with E-state index in [0.717, 1.165) is 0 Å². The second-order valence-corrected chi connectivity index (χ2v) is 4.37. The fraction of sp³-hybridized carbons (Fsp3) is 0.714. The smallest absolute Gasteiger partial charge is 0.295 e. The molecule has 0 radical (unpaired) electrons. The van der Waals surface area contributed by atoms with E-state index in [2.05, 4.69) is 10.2 Å². The van der Waals surface area contributed by atoms with Crippen LogP contribution in [0.2, 0.25) is 0 Å². The third-order valence-corrected chi connectivity index (χ3v) is 2.83. The van der Waals surface area contributed by atoms with Gasteiger partial charge in [-0.15, -0.1) is 5.10 Å². The third-order valence-electron chi connectivity index (χ3n) is 2.17. The summed E-state index contributed by atoms with van der Waals surface area (Å²) in [6, 6.07) is 0. The van der Waals surface area contributed by atoms with E-state index < -0.39 is 5.67 Å². The van der Waals surface area contributed by atoms with Crippen molar-refractivity contribution in [1.29, 1.82) is 0 Å². The van der Waals surface area contributed by atoms with Crippen LogP contribution < -0.4 is 10.5 Å². The van der Waals surface area contributed by atoms with Gasteiger partial charge in [0.25, 0.3) is 5.19 Å². The van der Waals surface area contributed by atoms with Crippen molar-refractivity contribution in [2.24, 2.45) is 5.92 Å². The number of ether oxygens (including phenoxy) is 1. The van der Waals surface area contributed by atoms with E-state index in [1.54, 1.807) is 6.92 Å². The summed E-state index contributed by atoms with van der Waals surface area (Å²) >= 11 is 1.17. The van der Waals surface area contributed by atoms with Crippen molar-refractivity contribution in [3.05, 3.63) is 0 Å². The van der Waals surface area contributed by atoms with E-state index in [0.29, 0.717) is 23.4 Å². The third kappa shape index (κ3) is 1.88. The Morgan fingerprint density at radius 3 is 2.92 bits per heavy atom. The first kappa shape index (κ1) is 8.68. The molecule has 0 amide bonds. The van der Waals surface area contributed by atoms with Gasteiger partial charge in [0.05, 0.1) is 6.61 Å². The highest BCUT2D eigenvalue weighted by Crippen LogP contribution is 2.46. The van der Waals surface area contributed by atoms with Gasteiger partial charge in [-0.25, -0.2) is 4.39 Å². The van der Waals surface area contributed by atoms with Crippen LogP contribution in [-0.4, -0.2) is 22.5 Å². The highest BCUT2D eigenvalue weighted by atomic mass is 32.1. The Morgan fingerprint density at radius 2 is 2.46 bits per heavy atom. The highest BCUT2D eigenvalue weighted by molar-refractivity contribution is 7.16. The van der Waals surface area contributed by atoms with Crippen molar-refractivity contribution >= 4 is 16.5 Å². The van der Waals surface area contributed by atoms with E-state index in [1.807, 2.05) is 0 Å². The van der Waals surface area contributed by atoms with E-state index in [4.69, 9.17) is 10.5 Å². The van der Waals surface area contributed by atoms with Crippen LogP contribution in [-0.2, 0) is 0 Å². The van der Waals surface area contributed by atoms with Crippen LogP contribution in [0.1, 0.15) is 13.3 Å². The van der Waals surface area contributed by atoms with Crippen LogP contribution in [0, 0.1) is 5.92 Å². The zero-order valence-corrected chi connectivity index (χ0v) is 7.97. The number of aromatic nitrogens is 2. The monoisotopic (exact) mass is 203 g/mol. The van der Waals surface area contributed by atoms with Crippen molar-refractivity contribution in [3.8, 4) is 5.19 Å². The molecule has 2 N–H and O–H groups in total. The average Bonchev–Trinajstić information content (AvgIpc) is 2.45. The highest BCUT2D eigenvalue weighted by Gasteiger charge is 2.51. The van der Waals surface area contributed by atoms with Crippen molar-refractivity contribution in [2.45, 2.75) is 19.0 Å². The normalized spacial score (nSPS) is 31.7. The van der Waals surface area contributed by atoms with Gasteiger partial charge in [0.2, 0.25) is 5.13 Å². The first-order valence-electron chi connectivity index (χ1n) is 3.98. The molecule has 1 aromatic heterocycles. The summed E-state index contributed by atoms with van der Waals surface area (Å²) in [5.74, 6) is -0.00220. The van der Waals surface area contributed by atoms with Gasteiger partial charge in [-0.05, 0) is 24.7 Å². The summed E-state index contributed by atoms with van der Waals surface area (Å²) in [5.41, 5.74) is 4.30. The number of halogens is 1. The summed E-state index contributed by atoms with van der Waals surface area (Å²) in [4.78, 5) is 0. The molecule has 1 aliphatic rings. The second kappa shape index (κ2) is 2.80. The van der Waals surface area contributed by atoms with Crippen LogP contribution in [0.5, 0.6) is 5.19 Å². The van der Waals surface area contributed by atoms with Gasteiger partial charge in [-0.3, -0.25) is 0 Å². The molecule has 1 fully saturated rings. The lowest BCUT2D eigenvalue weighted by Gasteiger charge is -2.00. The summed E-state index contributed by atoms with van der Waals surface area (Å²) in [6.07, 6.45) is 0.571. The molecule has 2 atom stereocenters. The van der Waals surface area contributed by atoms with Gasteiger partial charge in [0.1, 0.15) is 5.67 Å². The standard InChI is InChI=1S/C7H10FN3OS/c1-7(8)2-4(7)3-12-6-11-10-5(9)13-6/h4H,2-3H2,1H3,(H2,9,10). The number of hydrogen-bond acceptors (Lipinski definition) is 5. The molecule has 2 rings (SSSR count). The predicted molar refractivity (Wildman–Crippen MR) is 47.4 cm³/mol. The summed E-state index contributed by atoms with van der Waals surface area (Å²) < 4.78 is 18.2. The number of nitrogens with zero attached hydrogens (tertiary/aromatic N) is 2. The minimum absolute atomic E-state index is 0.00220. The Morgan fingerprint density at radius 1 is 1.77 bits per heavy atom. The van der Waals surface area contributed by atoms with Gasteiger partial charge in [0, 0.05) is 5.92 Å². The van der Waals surface area contributed by atoms with E-state index >= 15 is 0 Å². The zero-order chi connectivity index (χ0) is 9.47. The molecule has 0 saturated heterocycles. The summed E-state index contributed by atoms with van der Waals surface area (Å²) in [7, 11) is 0. The van der Waals surface area contributed by atoms with E-state index in [9.17, 15) is 4.39 Å². The number of rotatable bonds is 3. The Bertz CT molecular complexity index is 314. The van der Waals surface area contributed by atoms with Crippen molar-refractivity contribution < 1.29 is 9.13 Å². The van der Waals surface area contributed by atoms with Crippen LogP contribution >= 0.6 is 11.3 Å². The molecule has 0 aromatic carbocycles. The predicted octanol–water partition coefficient (Wildman–Crippen LogP) is 1.25. The summed E-state index contributed by atoms with van der Waals surface area (Å²) in [6.45, 7) is 1.94. The quantitative estimate of drug-likeness (QED) is 0.803. The van der Waals surface area contributed by atoms with Gasteiger partial charge in [0.15, 0.2) is 0 Å². The first-order chi connectivity index (χ1) is 6.08. The second-order valence-electron chi connectivity index (χ2n) is 3.40. The lowest BCUT2D eigenvalue weighted by molar-refractivity contribution is 0.236. The Balaban J connectivity index is 1.81. The molecule has 1 aliphatic carbocycles. The lowest BCUT2D eigenvalue weighted by atomic mass is 10.3. The minimum atomic E-state index is -1.05. The molecular weight excluding hydrogens is 193 g/mol. The molecule has 1 saturated carbocycles. The zero-order valence-electron chi connectivity index (χ0n) is 7.16. The average molecular weight is 203 g/mol. The SMILES string of the molecule is CC1(F)CC1COc1nnc(N)s1. The molecule has 0 bridgehead atoms.